The number of benzene rings is 1. The maximum atomic E-state index is 12.5. The Morgan fingerprint density at radius 1 is 1.11 bits per heavy atom. The lowest BCUT2D eigenvalue weighted by atomic mass is 10.0. The van der Waals surface area contributed by atoms with Crippen LogP contribution >= 0.6 is 23.2 Å². The van der Waals surface area contributed by atoms with E-state index in [9.17, 15) is 8.42 Å². The first-order valence-electron chi connectivity index (χ1n) is 6.14. The molecule has 2 fully saturated rings. The zero-order valence-electron chi connectivity index (χ0n) is 10.1. The standard InChI is InChI=1S/C12H14Cl2N2O2S/c13-11-2-1-10(3-12(11)14)19(17,18)16-6-8-4-15-5-9(8)7-16/h1-3,8-9,15H,4-7H2. The number of halogens is 2. The van der Waals surface area contributed by atoms with Gasteiger partial charge in [-0.1, -0.05) is 23.2 Å². The van der Waals surface area contributed by atoms with Gasteiger partial charge in [-0.25, -0.2) is 8.42 Å². The number of hydrogen-bond donors (Lipinski definition) is 1. The van der Waals surface area contributed by atoms with Gasteiger partial charge in [-0.15, -0.1) is 0 Å². The molecule has 1 N–H and O–H groups in total. The van der Waals surface area contributed by atoms with Gasteiger partial charge in [0, 0.05) is 13.1 Å². The van der Waals surface area contributed by atoms with E-state index in [-0.39, 0.29) is 9.92 Å². The number of sulfonamides is 1. The van der Waals surface area contributed by atoms with E-state index in [0.29, 0.717) is 29.9 Å². The molecular formula is C12H14Cl2N2O2S. The van der Waals surface area contributed by atoms with Gasteiger partial charge in [0.1, 0.15) is 0 Å². The molecule has 0 radical (unpaired) electrons. The van der Waals surface area contributed by atoms with E-state index in [0.717, 1.165) is 13.1 Å². The maximum absolute atomic E-state index is 12.5. The Bertz CT molecular complexity index is 594. The van der Waals surface area contributed by atoms with Crippen LogP contribution in [-0.2, 0) is 10.0 Å². The first kappa shape index (κ1) is 13.6. The summed E-state index contributed by atoms with van der Waals surface area (Å²) < 4.78 is 26.6. The van der Waals surface area contributed by atoms with Crippen LogP contribution in [0.4, 0.5) is 0 Å². The predicted molar refractivity (Wildman–Crippen MR) is 75.1 cm³/mol. The van der Waals surface area contributed by atoms with Crippen LogP contribution in [0.3, 0.4) is 0 Å². The fourth-order valence-corrected chi connectivity index (χ4v) is 4.74. The highest BCUT2D eigenvalue weighted by Crippen LogP contribution is 2.32. The molecule has 2 aliphatic heterocycles. The van der Waals surface area contributed by atoms with Crippen molar-refractivity contribution in [3.8, 4) is 0 Å². The average molecular weight is 321 g/mol. The fourth-order valence-electron chi connectivity index (χ4n) is 2.79. The van der Waals surface area contributed by atoms with Crippen molar-refractivity contribution >= 4 is 33.2 Å². The van der Waals surface area contributed by atoms with Crippen molar-refractivity contribution in [1.29, 1.82) is 0 Å². The van der Waals surface area contributed by atoms with Gasteiger partial charge in [0.2, 0.25) is 10.0 Å². The van der Waals surface area contributed by atoms with E-state index < -0.39 is 10.0 Å². The summed E-state index contributed by atoms with van der Waals surface area (Å²) in [4.78, 5) is 0.217. The van der Waals surface area contributed by atoms with E-state index in [4.69, 9.17) is 23.2 Å². The summed E-state index contributed by atoms with van der Waals surface area (Å²) >= 11 is 11.7. The lowest BCUT2D eigenvalue weighted by molar-refractivity contribution is 0.448. The Hall–Kier alpha value is -0.330. The van der Waals surface area contributed by atoms with Crippen LogP contribution < -0.4 is 5.32 Å². The van der Waals surface area contributed by atoms with Crippen LogP contribution in [0.15, 0.2) is 23.1 Å². The second-order valence-electron chi connectivity index (χ2n) is 5.08. The minimum Gasteiger partial charge on any atom is -0.316 e. The summed E-state index contributed by atoms with van der Waals surface area (Å²) in [5.41, 5.74) is 0. The molecule has 0 amide bonds. The van der Waals surface area contributed by atoms with E-state index in [2.05, 4.69) is 5.32 Å². The van der Waals surface area contributed by atoms with Gasteiger partial charge in [-0.2, -0.15) is 4.31 Å². The summed E-state index contributed by atoms with van der Waals surface area (Å²) in [5, 5.41) is 3.92. The molecular weight excluding hydrogens is 307 g/mol. The molecule has 7 heteroatoms. The van der Waals surface area contributed by atoms with Crippen LogP contribution in [0, 0.1) is 11.8 Å². The van der Waals surface area contributed by atoms with Gasteiger partial charge in [-0.3, -0.25) is 0 Å². The van der Waals surface area contributed by atoms with E-state index in [1.807, 2.05) is 0 Å². The molecule has 2 aliphatic rings. The summed E-state index contributed by atoms with van der Waals surface area (Å²) in [7, 11) is -3.46. The third kappa shape index (κ3) is 2.38. The van der Waals surface area contributed by atoms with Crippen LogP contribution in [0.25, 0.3) is 0 Å². The van der Waals surface area contributed by atoms with E-state index in [1.165, 1.54) is 18.2 Å². The molecule has 1 aromatic rings. The van der Waals surface area contributed by atoms with E-state index >= 15 is 0 Å². The Balaban J connectivity index is 1.88. The molecule has 0 aromatic heterocycles. The zero-order chi connectivity index (χ0) is 13.6. The zero-order valence-corrected chi connectivity index (χ0v) is 12.5. The molecule has 0 spiro atoms. The van der Waals surface area contributed by atoms with Crippen molar-refractivity contribution in [2.45, 2.75) is 4.90 Å². The van der Waals surface area contributed by atoms with Gasteiger partial charge >= 0.3 is 0 Å². The Kier molecular flexibility index (Phi) is 3.52. The molecule has 2 unspecified atom stereocenters. The minimum absolute atomic E-state index is 0.217. The largest absolute Gasteiger partial charge is 0.316 e. The first-order chi connectivity index (χ1) is 8.98. The number of rotatable bonds is 2. The number of hydrogen-bond acceptors (Lipinski definition) is 3. The SMILES string of the molecule is O=S(=O)(c1ccc(Cl)c(Cl)c1)N1CC2CNCC2C1. The van der Waals surface area contributed by atoms with Gasteiger partial charge in [-0.05, 0) is 43.1 Å². The smallest absolute Gasteiger partial charge is 0.243 e. The quantitative estimate of drug-likeness (QED) is 0.904. The number of fused-ring (bicyclic) bond motifs is 1. The van der Waals surface area contributed by atoms with Gasteiger partial charge in [0.25, 0.3) is 0 Å². The Labute approximate surface area is 122 Å². The highest BCUT2D eigenvalue weighted by molar-refractivity contribution is 7.89. The topological polar surface area (TPSA) is 49.4 Å². The molecule has 4 nitrogen and oxygen atoms in total. The van der Waals surface area contributed by atoms with Crippen LogP contribution in [-0.4, -0.2) is 38.9 Å². The molecule has 0 bridgehead atoms. The number of nitrogens with one attached hydrogen (secondary N) is 1. The van der Waals surface area contributed by atoms with Gasteiger partial charge in [0.05, 0.1) is 14.9 Å². The molecule has 19 heavy (non-hydrogen) atoms. The second-order valence-corrected chi connectivity index (χ2v) is 7.83. The maximum Gasteiger partial charge on any atom is 0.243 e. The van der Waals surface area contributed by atoms with Gasteiger partial charge < -0.3 is 5.32 Å². The van der Waals surface area contributed by atoms with Crippen molar-refractivity contribution in [1.82, 2.24) is 9.62 Å². The second kappa shape index (κ2) is 4.90. The molecule has 0 saturated carbocycles. The summed E-state index contributed by atoms with van der Waals surface area (Å²) in [6.45, 7) is 2.97. The van der Waals surface area contributed by atoms with Gasteiger partial charge in [0.15, 0.2) is 0 Å². The van der Waals surface area contributed by atoms with Crippen LogP contribution in [0.5, 0.6) is 0 Å². The first-order valence-corrected chi connectivity index (χ1v) is 8.34. The van der Waals surface area contributed by atoms with Crippen LogP contribution in [0.1, 0.15) is 0 Å². The fraction of sp³-hybridized carbons (Fsp3) is 0.500. The monoisotopic (exact) mass is 320 g/mol. The molecule has 104 valence electrons. The van der Waals surface area contributed by atoms with Crippen molar-refractivity contribution in [2.75, 3.05) is 26.2 Å². The predicted octanol–water partition coefficient (Wildman–Crippen LogP) is 1.83. The average Bonchev–Trinajstić information content (AvgIpc) is 2.93. The van der Waals surface area contributed by atoms with Crippen LogP contribution in [0.2, 0.25) is 10.0 Å². The van der Waals surface area contributed by atoms with E-state index in [1.54, 1.807) is 4.31 Å². The summed E-state index contributed by atoms with van der Waals surface area (Å²) in [6, 6.07) is 4.46. The summed E-state index contributed by atoms with van der Waals surface area (Å²) in [6.07, 6.45) is 0. The van der Waals surface area contributed by atoms with Crippen molar-refractivity contribution in [3.05, 3.63) is 28.2 Å². The molecule has 2 atom stereocenters. The molecule has 2 saturated heterocycles. The highest BCUT2D eigenvalue weighted by Gasteiger charge is 2.41. The molecule has 3 rings (SSSR count). The third-order valence-electron chi connectivity index (χ3n) is 3.88. The normalized spacial score (nSPS) is 27.7. The molecule has 0 aliphatic carbocycles. The Morgan fingerprint density at radius 3 is 2.32 bits per heavy atom. The van der Waals surface area contributed by atoms with Crippen molar-refractivity contribution in [3.63, 3.8) is 0 Å². The van der Waals surface area contributed by atoms with Crippen molar-refractivity contribution < 1.29 is 8.42 Å². The summed E-state index contributed by atoms with van der Waals surface area (Å²) in [5.74, 6) is 0.857. The number of nitrogens with zero attached hydrogens (tertiary/aromatic N) is 1. The lowest BCUT2D eigenvalue weighted by Crippen LogP contribution is -2.31. The minimum atomic E-state index is -3.46. The molecule has 1 aromatic carbocycles. The van der Waals surface area contributed by atoms with Crippen molar-refractivity contribution in [2.24, 2.45) is 11.8 Å². The third-order valence-corrected chi connectivity index (χ3v) is 6.45. The lowest BCUT2D eigenvalue weighted by Gasteiger charge is -2.17. The Morgan fingerprint density at radius 2 is 1.74 bits per heavy atom. The molecule has 2 heterocycles. The highest BCUT2D eigenvalue weighted by atomic mass is 35.5.